The molecule has 0 saturated carbocycles. The Bertz CT molecular complexity index is 1150. The molecule has 0 unspecified atom stereocenters. The predicted molar refractivity (Wildman–Crippen MR) is 127 cm³/mol. The van der Waals surface area contributed by atoms with Gasteiger partial charge in [-0.15, -0.1) is 11.3 Å². The summed E-state index contributed by atoms with van der Waals surface area (Å²) in [5.41, 5.74) is 6.10. The summed E-state index contributed by atoms with van der Waals surface area (Å²) in [4.78, 5) is 30.5. The van der Waals surface area contributed by atoms with Crippen LogP contribution >= 0.6 is 11.3 Å². The molecule has 4 rings (SSSR count). The monoisotopic (exact) mass is 431 g/mol. The van der Waals surface area contributed by atoms with E-state index in [9.17, 15) is 9.59 Å². The van der Waals surface area contributed by atoms with Gasteiger partial charge in [-0.1, -0.05) is 50.2 Å². The SMILES string of the molecule is CC(=O)N1CCc2ccc(-c3csc(NC(=O)/C=C/c4ccc(C(C)C)cc4)n3)cc21. The first-order valence-corrected chi connectivity index (χ1v) is 11.2. The lowest BCUT2D eigenvalue weighted by Crippen LogP contribution is -2.25. The molecular formula is C25H25N3O2S. The van der Waals surface area contributed by atoms with E-state index in [1.807, 2.05) is 29.6 Å². The molecule has 0 atom stereocenters. The molecule has 1 aliphatic rings. The fourth-order valence-electron chi connectivity index (χ4n) is 3.64. The summed E-state index contributed by atoms with van der Waals surface area (Å²) in [6.07, 6.45) is 4.19. The van der Waals surface area contributed by atoms with Gasteiger partial charge in [0.05, 0.1) is 5.69 Å². The van der Waals surface area contributed by atoms with Crippen LogP contribution in [0.15, 0.2) is 53.9 Å². The first-order valence-electron chi connectivity index (χ1n) is 10.4. The minimum absolute atomic E-state index is 0.0489. The summed E-state index contributed by atoms with van der Waals surface area (Å²) in [5, 5.41) is 5.29. The van der Waals surface area contributed by atoms with Crippen LogP contribution in [0.5, 0.6) is 0 Å². The van der Waals surface area contributed by atoms with Gasteiger partial charge in [-0.3, -0.25) is 14.9 Å². The van der Waals surface area contributed by atoms with Crippen molar-refractivity contribution in [3.63, 3.8) is 0 Å². The smallest absolute Gasteiger partial charge is 0.250 e. The number of nitrogens with zero attached hydrogens (tertiary/aromatic N) is 2. The van der Waals surface area contributed by atoms with Gasteiger partial charge in [-0.2, -0.15) is 0 Å². The van der Waals surface area contributed by atoms with Crippen LogP contribution in [0, 0.1) is 0 Å². The number of aromatic nitrogens is 1. The Morgan fingerprint density at radius 2 is 1.94 bits per heavy atom. The number of benzene rings is 2. The molecule has 6 heteroatoms. The molecule has 0 radical (unpaired) electrons. The van der Waals surface area contributed by atoms with Crippen LogP contribution in [0.2, 0.25) is 0 Å². The third-order valence-corrected chi connectivity index (χ3v) is 6.18. The number of hydrogen-bond acceptors (Lipinski definition) is 4. The van der Waals surface area contributed by atoms with Crippen molar-refractivity contribution in [2.24, 2.45) is 0 Å². The molecule has 0 spiro atoms. The lowest BCUT2D eigenvalue weighted by Gasteiger charge is -2.15. The Morgan fingerprint density at radius 1 is 1.16 bits per heavy atom. The van der Waals surface area contributed by atoms with Crippen LogP contribution < -0.4 is 10.2 Å². The van der Waals surface area contributed by atoms with E-state index in [0.29, 0.717) is 11.0 Å². The van der Waals surface area contributed by atoms with Crippen LogP contribution in [0.3, 0.4) is 0 Å². The molecule has 1 aromatic heterocycles. The summed E-state index contributed by atoms with van der Waals surface area (Å²) in [7, 11) is 0. The van der Waals surface area contributed by atoms with Gasteiger partial charge in [-0.05, 0) is 41.2 Å². The topological polar surface area (TPSA) is 62.3 Å². The van der Waals surface area contributed by atoms with Crippen LogP contribution in [0.25, 0.3) is 17.3 Å². The molecule has 2 amide bonds. The largest absolute Gasteiger partial charge is 0.312 e. The standard InChI is InChI=1S/C25H25N3O2S/c1-16(2)19-7-4-18(5-8-19)6-11-24(30)27-25-26-22(15-31-25)21-10-9-20-12-13-28(17(3)29)23(20)14-21/h4-11,14-16H,12-13H2,1-3H3,(H,26,27,30)/b11-6+. The van der Waals surface area contributed by atoms with Gasteiger partial charge in [-0.25, -0.2) is 4.98 Å². The molecule has 0 fully saturated rings. The number of thiazole rings is 1. The highest BCUT2D eigenvalue weighted by atomic mass is 32.1. The number of hydrogen-bond donors (Lipinski definition) is 1. The van der Waals surface area contributed by atoms with E-state index in [4.69, 9.17) is 0 Å². The molecule has 1 N–H and O–H groups in total. The highest BCUT2D eigenvalue weighted by molar-refractivity contribution is 7.14. The summed E-state index contributed by atoms with van der Waals surface area (Å²) in [6.45, 7) is 6.62. The van der Waals surface area contributed by atoms with Crippen molar-refractivity contribution < 1.29 is 9.59 Å². The van der Waals surface area contributed by atoms with Crippen molar-refractivity contribution >= 4 is 40.0 Å². The zero-order valence-electron chi connectivity index (χ0n) is 17.9. The molecule has 2 heterocycles. The van der Waals surface area contributed by atoms with Gasteiger partial charge < -0.3 is 4.90 Å². The van der Waals surface area contributed by atoms with Crippen LogP contribution in [0.1, 0.15) is 43.4 Å². The van der Waals surface area contributed by atoms with Gasteiger partial charge >= 0.3 is 0 Å². The van der Waals surface area contributed by atoms with Crippen molar-refractivity contribution in [2.75, 3.05) is 16.8 Å². The molecule has 5 nitrogen and oxygen atoms in total. The van der Waals surface area contributed by atoms with E-state index in [0.717, 1.165) is 35.5 Å². The highest BCUT2D eigenvalue weighted by Gasteiger charge is 2.22. The number of anilines is 2. The highest BCUT2D eigenvalue weighted by Crippen LogP contribution is 2.34. The van der Waals surface area contributed by atoms with Gasteiger partial charge in [0, 0.05) is 36.2 Å². The minimum atomic E-state index is -0.217. The quantitative estimate of drug-likeness (QED) is 0.543. The van der Waals surface area contributed by atoms with E-state index >= 15 is 0 Å². The van der Waals surface area contributed by atoms with Gasteiger partial charge in [0.25, 0.3) is 0 Å². The first-order chi connectivity index (χ1) is 14.9. The Morgan fingerprint density at radius 3 is 2.65 bits per heavy atom. The van der Waals surface area contributed by atoms with Crippen LogP contribution in [0.4, 0.5) is 10.8 Å². The second-order valence-electron chi connectivity index (χ2n) is 7.95. The van der Waals surface area contributed by atoms with Gasteiger partial charge in [0.15, 0.2) is 5.13 Å². The number of nitrogens with one attached hydrogen (secondary N) is 1. The van der Waals surface area contributed by atoms with Gasteiger partial charge in [0.1, 0.15) is 0 Å². The maximum atomic E-state index is 12.3. The van der Waals surface area contributed by atoms with Crippen LogP contribution in [-0.2, 0) is 16.0 Å². The van der Waals surface area contributed by atoms with E-state index in [1.54, 1.807) is 17.9 Å². The fourth-order valence-corrected chi connectivity index (χ4v) is 4.36. The number of carbonyl (C=O) groups is 2. The minimum Gasteiger partial charge on any atom is -0.312 e. The third kappa shape index (κ3) is 4.75. The van der Waals surface area contributed by atoms with E-state index < -0.39 is 0 Å². The third-order valence-electron chi connectivity index (χ3n) is 5.42. The molecule has 3 aromatic rings. The molecule has 0 bridgehead atoms. The Balaban J connectivity index is 1.43. The van der Waals surface area contributed by atoms with Crippen molar-refractivity contribution in [1.82, 2.24) is 4.98 Å². The lowest BCUT2D eigenvalue weighted by atomic mass is 10.0. The second kappa shape index (κ2) is 8.86. The number of fused-ring (bicyclic) bond motifs is 1. The predicted octanol–water partition coefficient (Wildman–Crippen LogP) is 5.49. The average Bonchev–Trinajstić information content (AvgIpc) is 3.39. The fraction of sp³-hybridized carbons (Fsp3) is 0.240. The molecule has 31 heavy (non-hydrogen) atoms. The number of rotatable bonds is 5. The Hall–Kier alpha value is -3.25. The first kappa shape index (κ1) is 21.0. The van der Waals surface area contributed by atoms with E-state index in [1.165, 1.54) is 28.5 Å². The molecule has 0 saturated heterocycles. The zero-order valence-corrected chi connectivity index (χ0v) is 18.7. The molecule has 1 aliphatic heterocycles. The van der Waals surface area contributed by atoms with Crippen LogP contribution in [-0.4, -0.2) is 23.3 Å². The van der Waals surface area contributed by atoms with E-state index in [2.05, 4.69) is 42.3 Å². The molecule has 0 aliphatic carbocycles. The van der Waals surface area contributed by atoms with Crippen molar-refractivity contribution in [2.45, 2.75) is 33.1 Å². The molecule has 158 valence electrons. The lowest BCUT2D eigenvalue weighted by molar-refractivity contribution is -0.116. The maximum absolute atomic E-state index is 12.3. The zero-order chi connectivity index (χ0) is 22.0. The summed E-state index contributed by atoms with van der Waals surface area (Å²) in [5.74, 6) is 0.315. The maximum Gasteiger partial charge on any atom is 0.250 e. The van der Waals surface area contributed by atoms with Gasteiger partial charge in [0.2, 0.25) is 11.8 Å². The molecular weight excluding hydrogens is 406 g/mol. The number of amides is 2. The van der Waals surface area contributed by atoms with Crippen molar-refractivity contribution in [3.05, 3.63) is 70.6 Å². The van der Waals surface area contributed by atoms with E-state index in [-0.39, 0.29) is 11.8 Å². The second-order valence-corrected chi connectivity index (χ2v) is 8.80. The normalized spacial score (nSPS) is 13.1. The average molecular weight is 432 g/mol. The summed E-state index contributed by atoms with van der Waals surface area (Å²) < 4.78 is 0. The van der Waals surface area contributed by atoms with Crippen molar-refractivity contribution in [1.29, 1.82) is 0 Å². The Labute approximate surface area is 186 Å². The summed E-state index contributed by atoms with van der Waals surface area (Å²) >= 11 is 1.38. The number of carbonyl (C=O) groups excluding carboxylic acids is 2. The van der Waals surface area contributed by atoms with Crippen molar-refractivity contribution in [3.8, 4) is 11.3 Å². The Kier molecular flexibility index (Phi) is 6.00. The summed E-state index contributed by atoms with van der Waals surface area (Å²) in [6, 6.07) is 14.3. The molecule has 2 aromatic carbocycles.